The number of aromatic nitrogens is 3. The molecular weight excluding hydrogens is 474 g/mol. The van der Waals surface area contributed by atoms with Crippen LogP contribution >= 0.6 is 0 Å². The Morgan fingerprint density at radius 2 is 1.78 bits per heavy atom. The van der Waals surface area contributed by atoms with Gasteiger partial charge in [-0.1, -0.05) is 30.3 Å². The summed E-state index contributed by atoms with van der Waals surface area (Å²) in [5, 5.41) is 12.9. The normalized spacial score (nSPS) is 17.7. The molecule has 1 atom stereocenters. The minimum Gasteiger partial charge on any atom is -0.433 e. The summed E-state index contributed by atoms with van der Waals surface area (Å²) in [7, 11) is 0. The third-order valence-corrected chi connectivity index (χ3v) is 7.24. The molecule has 0 saturated carbocycles. The van der Waals surface area contributed by atoms with Crippen molar-refractivity contribution < 1.29 is 19.5 Å². The summed E-state index contributed by atoms with van der Waals surface area (Å²) in [6.07, 6.45) is 3.91. The van der Waals surface area contributed by atoms with Gasteiger partial charge >= 0.3 is 6.16 Å². The van der Waals surface area contributed by atoms with Gasteiger partial charge in [-0.3, -0.25) is 14.3 Å². The number of rotatable bonds is 6. The first kappa shape index (κ1) is 24.9. The predicted molar refractivity (Wildman–Crippen MR) is 137 cm³/mol. The number of hydrogen-bond acceptors (Lipinski definition) is 9. The topological polar surface area (TPSA) is 110 Å². The van der Waals surface area contributed by atoms with E-state index in [1.165, 1.54) is 0 Å². The Morgan fingerprint density at radius 1 is 1.08 bits per heavy atom. The van der Waals surface area contributed by atoms with Crippen molar-refractivity contribution in [2.75, 3.05) is 31.1 Å². The maximum Gasteiger partial charge on any atom is 0.527 e. The molecule has 5 rings (SSSR count). The number of carbonyl (C=O) groups excluding carboxylic acids is 1. The van der Waals surface area contributed by atoms with Gasteiger partial charge < -0.3 is 19.6 Å². The number of hydroxylamine groups is 2. The zero-order chi connectivity index (χ0) is 25.8. The Balaban J connectivity index is 1.49. The first-order valence-electron chi connectivity index (χ1n) is 12.6. The van der Waals surface area contributed by atoms with Gasteiger partial charge in [-0.2, -0.15) is 0 Å². The SMILES string of the molecule is CCOC(=O)ON1CCC2(CC1)CCn1c(nc(-c3ccncc3)cc1=O)N2C[C@@H](O)c1ccccc1. The van der Waals surface area contributed by atoms with E-state index in [2.05, 4.69) is 9.88 Å². The lowest BCUT2D eigenvalue weighted by Gasteiger charge is -2.52. The lowest BCUT2D eigenvalue weighted by Crippen LogP contribution is -2.61. The van der Waals surface area contributed by atoms with Crippen molar-refractivity contribution in [3.05, 3.63) is 76.8 Å². The average molecular weight is 506 g/mol. The number of carbonyl (C=O) groups is 1. The van der Waals surface area contributed by atoms with Gasteiger partial charge in [0.2, 0.25) is 5.95 Å². The van der Waals surface area contributed by atoms with Crippen molar-refractivity contribution in [3.63, 3.8) is 0 Å². The second kappa shape index (κ2) is 10.7. The fourth-order valence-corrected chi connectivity index (χ4v) is 5.24. The van der Waals surface area contributed by atoms with E-state index in [-0.39, 0.29) is 24.2 Å². The number of fused-ring (bicyclic) bond motifs is 1. The van der Waals surface area contributed by atoms with Gasteiger partial charge in [0.25, 0.3) is 5.56 Å². The van der Waals surface area contributed by atoms with Crippen molar-refractivity contribution in [1.29, 1.82) is 0 Å². The van der Waals surface area contributed by atoms with Crippen LogP contribution in [-0.2, 0) is 16.1 Å². The van der Waals surface area contributed by atoms with Crippen LogP contribution in [0, 0.1) is 0 Å². The van der Waals surface area contributed by atoms with E-state index >= 15 is 0 Å². The monoisotopic (exact) mass is 505 g/mol. The first-order chi connectivity index (χ1) is 18.0. The number of β-amino-alcohol motifs (C(OH)–C–C–N with tert-alkyl or cyclic N) is 1. The van der Waals surface area contributed by atoms with Gasteiger partial charge in [0.1, 0.15) is 0 Å². The molecule has 37 heavy (non-hydrogen) atoms. The zero-order valence-electron chi connectivity index (χ0n) is 20.8. The summed E-state index contributed by atoms with van der Waals surface area (Å²) in [4.78, 5) is 41.5. The van der Waals surface area contributed by atoms with Crippen LogP contribution in [0.4, 0.5) is 10.7 Å². The van der Waals surface area contributed by atoms with Crippen molar-refractivity contribution in [3.8, 4) is 11.3 Å². The Kier molecular flexibility index (Phi) is 7.20. The van der Waals surface area contributed by atoms with Crippen molar-refractivity contribution in [2.24, 2.45) is 0 Å². The summed E-state index contributed by atoms with van der Waals surface area (Å²) in [6.45, 7) is 3.79. The molecule has 0 aliphatic carbocycles. The maximum atomic E-state index is 13.2. The van der Waals surface area contributed by atoms with Gasteiger partial charge in [-0.15, -0.1) is 5.06 Å². The number of benzene rings is 1. The van der Waals surface area contributed by atoms with Gasteiger partial charge in [-0.05, 0) is 43.9 Å². The van der Waals surface area contributed by atoms with E-state index in [0.717, 1.165) is 11.1 Å². The smallest absolute Gasteiger partial charge is 0.433 e. The molecule has 0 bridgehead atoms. The van der Waals surface area contributed by atoms with Gasteiger partial charge in [0.15, 0.2) is 0 Å². The van der Waals surface area contributed by atoms with Crippen LogP contribution in [0.2, 0.25) is 0 Å². The Labute approximate surface area is 215 Å². The Bertz CT molecular complexity index is 1280. The molecule has 0 radical (unpaired) electrons. The van der Waals surface area contributed by atoms with Crippen LogP contribution < -0.4 is 10.5 Å². The average Bonchev–Trinajstić information content (AvgIpc) is 2.92. The Morgan fingerprint density at radius 3 is 2.49 bits per heavy atom. The van der Waals surface area contributed by atoms with Gasteiger partial charge in [0, 0.05) is 49.2 Å². The van der Waals surface area contributed by atoms with E-state index in [9.17, 15) is 14.7 Å². The fourth-order valence-electron chi connectivity index (χ4n) is 5.24. The standard InChI is InChI=1S/C27H31N5O5/c1-2-36-26(35)37-30-15-10-27(11-16-30)12-17-31-24(34)18-22(20-8-13-28-14-9-20)29-25(31)32(27)19-23(33)21-6-4-3-5-7-21/h3-9,13-14,18,23,33H,2,10-12,15-17,19H2,1H3/t23-/m1/s1. The van der Waals surface area contributed by atoms with Crippen LogP contribution in [-0.4, -0.2) is 62.6 Å². The van der Waals surface area contributed by atoms with Gasteiger partial charge in [0.05, 0.1) is 24.9 Å². The largest absolute Gasteiger partial charge is 0.527 e. The van der Waals surface area contributed by atoms with Crippen molar-refractivity contribution in [1.82, 2.24) is 19.6 Å². The van der Waals surface area contributed by atoms with E-state index in [1.807, 2.05) is 42.5 Å². The molecule has 10 heteroatoms. The highest BCUT2D eigenvalue weighted by Crippen LogP contribution is 2.40. The molecule has 3 aromatic rings. The lowest BCUT2D eigenvalue weighted by atomic mass is 9.81. The summed E-state index contributed by atoms with van der Waals surface area (Å²) >= 11 is 0. The third kappa shape index (κ3) is 5.21. The van der Waals surface area contributed by atoms with Crippen LogP contribution in [0.1, 0.15) is 37.9 Å². The number of pyridine rings is 1. The molecule has 1 aromatic carbocycles. The summed E-state index contributed by atoms with van der Waals surface area (Å²) in [5.74, 6) is 0.542. The van der Waals surface area contributed by atoms with Crippen molar-refractivity contribution >= 4 is 12.1 Å². The number of piperidine rings is 1. The highest BCUT2D eigenvalue weighted by atomic mass is 16.8. The molecule has 1 saturated heterocycles. The zero-order valence-corrected chi connectivity index (χ0v) is 20.8. The first-order valence-corrected chi connectivity index (χ1v) is 12.6. The minimum atomic E-state index is -0.778. The van der Waals surface area contributed by atoms with Crippen LogP contribution in [0.5, 0.6) is 0 Å². The summed E-state index contributed by atoms with van der Waals surface area (Å²) in [5.41, 5.74) is 1.68. The molecule has 10 nitrogen and oxygen atoms in total. The molecule has 0 unspecified atom stereocenters. The molecule has 1 N–H and O–H groups in total. The van der Waals surface area contributed by atoms with E-state index < -0.39 is 12.3 Å². The molecule has 2 aliphatic heterocycles. The van der Waals surface area contributed by atoms with E-state index in [4.69, 9.17) is 14.6 Å². The van der Waals surface area contributed by atoms with Crippen molar-refractivity contribution in [2.45, 2.75) is 44.4 Å². The van der Waals surface area contributed by atoms with Crippen LogP contribution in [0.25, 0.3) is 11.3 Å². The predicted octanol–water partition coefficient (Wildman–Crippen LogP) is 3.17. The summed E-state index contributed by atoms with van der Waals surface area (Å²) < 4.78 is 6.61. The number of aliphatic hydroxyl groups excluding tert-OH is 1. The number of aliphatic hydroxyl groups is 1. The van der Waals surface area contributed by atoms with E-state index in [0.29, 0.717) is 50.5 Å². The second-order valence-electron chi connectivity index (χ2n) is 9.38. The van der Waals surface area contributed by atoms with E-state index in [1.54, 1.807) is 35.0 Å². The molecule has 4 heterocycles. The quantitative estimate of drug-likeness (QED) is 0.505. The van der Waals surface area contributed by atoms with Gasteiger partial charge in [-0.25, -0.2) is 9.78 Å². The number of ether oxygens (including phenoxy) is 1. The lowest BCUT2D eigenvalue weighted by molar-refractivity contribution is -0.146. The maximum absolute atomic E-state index is 13.2. The number of nitrogens with zero attached hydrogens (tertiary/aromatic N) is 5. The molecule has 2 aromatic heterocycles. The molecule has 1 fully saturated rings. The molecular formula is C27H31N5O5. The molecule has 1 spiro atoms. The number of anilines is 1. The molecule has 2 aliphatic rings. The minimum absolute atomic E-state index is 0.131. The van der Waals surface area contributed by atoms with Crippen LogP contribution in [0.15, 0.2) is 65.7 Å². The second-order valence-corrected chi connectivity index (χ2v) is 9.38. The highest BCUT2D eigenvalue weighted by Gasteiger charge is 2.45. The summed E-state index contributed by atoms with van der Waals surface area (Å²) in [6, 6.07) is 14.7. The van der Waals surface area contributed by atoms with Crippen LogP contribution in [0.3, 0.4) is 0 Å². The third-order valence-electron chi connectivity index (χ3n) is 7.24. The molecule has 0 amide bonds. The fraction of sp³-hybridized carbons (Fsp3) is 0.407. The molecule has 194 valence electrons. The number of hydrogen-bond donors (Lipinski definition) is 1. The Hall–Kier alpha value is -3.76. The highest BCUT2D eigenvalue weighted by molar-refractivity contribution is 5.60.